The smallest absolute Gasteiger partial charge is 0.270 e. The zero-order valence-electron chi connectivity index (χ0n) is 12.7. The number of piperazine rings is 1. The van der Waals surface area contributed by atoms with Crippen LogP contribution in [0.5, 0.6) is 0 Å². The summed E-state index contributed by atoms with van der Waals surface area (Å²) in [5.74, 6) is 0.126. The first-order valence-corrected chi connectivity index (χ1v) is 8.03. The fourth-order valence-corrected chi connectivity index (χ4v) is 3.43. The average molecular weight is 304 g/mol. The molecule has 1 aliphatic rings. The Bertz CT molecular complexity index is 652. The minimum Gasteiger partial charge on any atom is -0.345 e. The third-order valence-electron chi connectivity index (χ3n) is 4.04. The Morgan fingerprint density at radius 1 is 1.19 bits per heavy atom. The summed E-state index contributed by atoms with van der Waals surface area (Å²) in [6.45, 7) is 7.23. The van der Waals surface area contributed by atoms with E-state index in [2.05, 4.69) is 15.3 Å². The van der Waals surface area contributed by atoms with Crippen LogP contribution in [-0.2, 0) is 7.05 Å². The van der Waals surface area contributed by atoms with E-state index in [0.29, 0.717) is 0 Å². The summed E-state index contributed by atoms with van der Waals surface area (Å²) in [4.78, 5) is 21.3. The number of thiazole rings is 1. The minimum atomic E-state index is 0.126. The number of amides is 1. The molecule has 0 atom stereocenters. The number of rotatable bonds is 2. The predicted molar refractivity (Wildman–Crippen MR) is 85.1 cm³/mol. The highest BCUT2D eigenvalue weighted by Crippen LogP contribution is 2.22. The molecule has 3 rings (SSSR count). The van der Waals surface area contributed by atoms with Crippen LogP contribution in [0.2, 0.25) is 0 Å². The van der Waals surface area contributed by atoms with Crippen LogP contribution in [0, 0.1) is 13.8 Å². The third kappa shape index (κ3) is 2.68. The number of carbonyl (C=O) groups excluding carboxylic acids is 1. The molecule has 1 saturated heterocycles. The van der Waals surface area contributed by atoms with Gasteiger partial charge in [-0.1, -0.05) is 0 Å². The molecular weight excluding hydrogens is 284 g/mol. The zero-order chi connectivity index (χ0) is 15.0. The highest BCUT2D eigenvalue weighted by molar-refractivity contribution is 7.13. The lowest BCUT2D eigenvalue weighted by Gasteiger charge is -2.34. The molecule has 0 spiro atoms. The lowest BCUT2D eigenvalue weighted by atomic mass is 10.3. The van der Waals surface area contributed by atoms with E-state index in [9.17, 15) is 4.79 Å². The monoisotopic (exact) mass is 304 g/mol. The number of anilines is 1. The summed E-state index contributed by atoms with van der Waals surface area (Å²) < 4.78 is 1.96. The number of hydrogen-bond acceptors (Lipinski definition) is 4. The molecule has 0 aliphatic carbocycles. The van der Waals surface area contributed by atoms with E-state index in [1.54, 1.807) is 11.3 Å². The minimum absolute atomic E-state index is 0.126. The second-order valence-electron chi connectivity index (χ2n) is 5.47. The number of carbonyl (C=O) groups is 1. The molecular formula is C15H20N4OS. The largest absolute Gasteiger partial charge is 0.345 e. The lowest BCUT2D eigenvalue weighted by Crippen LogP contribution is -2.49. The quantitative estimate of drug-likeness (QED) is 0.853. The van der Waals surface area contributed by atoms with E-state index < -0.39 is 0 Å². The van der Waals surface area contributed by atoms with Gasteiger partial charge < -0.3 is 14.4 Å². The first-order valence-electron chi connectivity index (χ1n) is 7.15. The molecule has 112 valence electrons. The molecule has 1 fully saturated rings. The van der Waals surface area contributed by atoms with E-state index in [1.165, 1.54) is 0 Å². The van der Waals surface area contributed by atoms with Crippen molar-refractivity contribution in [1.82, 2.24) is 14.5 Å². The first kappa shape index (κ1) is 14.1. The van der Waals surface area contributed by atoms with Gasteiger partial charge in [0.25, 0.3) is 5.91 Å². The van der Waals surface area contributed by atoms with Gasteiger partial charge in [-0.25, -0.2) is 4.98 Å². The van der Waals surface area contributed by atoms with Crippen molar-refractivity contribution >= 4 is 22.4 Å². The maximum atomic E-state index is 12.6. The van der Waals surface area contributed by atoms with Gasteiger partial charge in [-0.15, -0.1) is 11.3 Å². The van der Waals surface area contributed by atoms with Crippen molar-refractivity contribution in [3.63, 3.8) is 0 Å². The number of aromatic nitrogens is 2. The summed E-state index contributed by atoms with van der Waals surface area (Å²) in [6.07, 6.45) is 0. The fraction of sp³-hybridized carbons (Fsp3) is 0.467. The SMILES string of the molecule is Cc1csc(N2CCN(C(=O)c3ccc(C)n3C)CC2)n1. The van der Waals surface area contributed by atoms with Crippen molar-refractivity contribution < 1.29 is 4.79 Å². The van der Waals surface area contributed by atoms with Gasteiger partial charge in [0.2, 0.25) is 0 Å². The van der Waals surface area contributed by atoms with Crippen LogP contribution >= 0.6 is 11.3 Å². The fourth-order valence-electron chi connectivity index (χ4n) is 2.58. The van der Waals surface area contributed by atoms with Crippen molar-refractivity contribution in [2.45, 2.75) is 13.8 Å². The Labute approximate surface area is 128 Å². The Morgan fingerprint density at radius 2 is 1.90 bits per heavy atom. The number of aryl methyl sites for hydroxylation is 2. The van der Waals surface area contributed by atoms with Gasteiger partial charge in [0.05, 0.1) is 5.69 Å². The van der Waals surface area contributed by atoms with E-state index in [0.717, 1.165) is 48.4 Å². The summed E-state index contributed by atoms with van der Waals surface area (Å²) in [6, 6.07) is 3.90. The molecule has 0 saturated carbocycles. The normalized spacial score (nSPS) is 15.6. The van der Waals surface area contributed by atoms with Gasteiger partial charge in [-0.05, 0) is 26.0 Å². The van der Waals surface area contributed by atoms with Gasteiger partial charge >= 0.3 is 0 Å². The van der Waals surface area contributed by atoms with E-state index in [1.807, 2.05) is 42.5 Å². The van der Waals surface area contributed by atoms with Crippen molar-refractivity contribution in [1.29, 1.82) is 0 Å². The van der Waals surface area contributed by atoms with Crippen molar-refractivity contribution in [3.05, 3.63) is 34.6 Å². The maximum absolute atomic E-state index is 12.6. The second kappa shape index (κ2) is 5.52. The highest BCUT2D eigenvalue weighted by Gasteiger charge is 2.24. The molecule has 0 N–H and O–H groups in total. The van der Waals surface area contributed by atoms with Crippen LogP contribution in [0.3, 0.4) is 0 Å². The highest BCUT2D eigenvalue weighted by atomic mass is 32.1. The van der Waals surface area contributed by atoms with Crippen molar-refractivity contribution in [3.8, 4) is 0 Å². The van der Waals surface area contributed by atoms with Gasteiger partial charge in [0, 0.05) is 44.3 Å². The Balaban J connectivity index is 1.65. The van der Waals surface area contributed by atoms with Crippen molar-refractivity contribution in [2.75, 3.05) is 31.1 Å². The summed E-state index contributed by atoms with van der Waals surface area (Å²) in [5.41, 5.74) is 2.94. The molecule has 0 aromatic carbocycles. The second-order valence-corrected chi connectivity index (χ2v) is 6.31. The molecule has 21 heavy (non-hydrogen) atoms. The van der Waals surface area contributed by atoms with E-state index >= 15 is 0 Å². The number of hydrogen-bond donors (Lipinski definition) is 0. The van der Waals surface area contributed by atoms with Crippen LogP contribution in [0.25, 0.3) is 0 Å². The molecule has 2 aromatic rings. The number of nitrogens with zero attached hydrogens (tertiary/aromatic N) is 4. The van der Waals surface area contributed by atoms with Crippen molar-refractivity contribution in [2.24, 2.45) is 7.05 Å². The van der Waals surface area contributed by atoms with Crippen LogP contribution in [0.4, 0.5) is 5.13 Å². The molecule has 1 amide bonds. The maximum Gasteiger partial charge on any atom is 0.270 e. The lowest BCUT2D eigenvalue weighted by molar-refractivity contribution is 0.0737. The Kier molecular flexibility index (Phi) is 3.71. The van der Waals surface area contributed by atoms with Crippen LogP contribution in [0.15, 0.2) is 17.5 Å². The molecule has 2 aromatic heterocycles. The summed E-state index contributed by atoms with van der Waals surface area (Å²) in [7, 11) is 1.94. The van der Waals surface area contributed by atoms with Gasteiger partial charge in [0.15, 0.2) is 5.13 Å². The standard InChI is InChI=1S/C15H20N4OS/c1-11-10-21-15(16-11)19-8-6-18(7-9-19)14(20)13-5-4-12(2)17(13)3/h4-5,10H,6-9H2,1-3H3. The van der Waals surface area contributed by atoms with Gasteiger partial charge in [-0.2, -0.15) is 0 Å². The summed E-state index contributed by atoms with van der Waals surface area (Å²) >= 11 is 1.68. The van der Waals surface area contributed by atoms with E-state index in [-0.39, 0.29) is 5.91 Å². The van der Waals surface area contributed by atoms with Crippen LogP contribution in [-0.4, -0.2) is 46.5 Å². The molecule has 0 radical (unpaired) electrons. The Morgan fingerprint density at radius 3 is 2.43 bits per heavy atom. The van der Waals surface area contributed by atoms with Gasteiger partial charge in [0.1, 0.15) is 5.69 Å². The molecule has 6 heteroatoms. The zero-order valence-corrected chi connectivity index (χ0v) is 13.5. The first-order chi connectivity index (χ1) is 10.1. The molecule has 3 heterocycles. The van der Waals surface area contributed by atoms with Crippen LogP contribution in [0.1, 0.15) is 21.9 Å². The molecule has 1 aliphatic heterocycles. The van der Waals surface area contributed by atoms with Crippen LogP contribution < -0.4 is 4.90 Å². The molecule has 5 nitrogen and oxygen atoms in total. The third-order valence-corrected chi connectivity index (χ3v) is 5.06. The van der Waals surface area contributed by atoms with Gasteiger partial charge in [-0.3, -0.25) is 4.79 Å². The molecule has 0 unspecified atom stereocenters. The van der Waals surface area contributed by atoms with E-state index in [4.69, 9.17) is 0 Å². The average Bonchev–Trinajstić information content (AvgIpc) is 3.06. The topological polar surface area (TPSA) is 41.4 Å². The summed E-state index contributed by atoms with van der Waals surface area (Å²) in [5, 5.41) is 3.13. The molecule has 0 bridgehead atoms. The predicted octanol–water partition coefficient (Wildman–Crippen LogP) is 2.06. The Hall–Kier alpha value is -1.82.